The van der Waals surface area contributed by atoms with Gasteiger partial charge in [-0.05, 0) is 50.9 Å². The number of morpholine rings is 1. The van der Waals surface area contributed by atoms with Crippen LogP contribution in [0.15, 0.2) is 36.4 Å². The van der Waals surface area contributed by atoms with E-state index in [2.05, 4.69) is 52.5 Å². The third kappa shape index (κ3) is 5.62. The molecule has 0 saturated carbocycles. The molecule has 3 heterocycles. The van der Waals surface area contributed by atoms with Crippen molar-refractivity contribution in [2.24, 2.45) is 0 Å². The fourth-order valence-electron chi connectivity index (χ4n) is 4.18. The van der Waals surface area contributed by atoms with Gasteiger partial charge in [0, 0.05) is 31.7 Å². The highest BCUT2D eigenvalue weighted by Crippen LogP contribution is 2.27. The van der Waals surface area contributed by atoms with E-state index in [9.17, 15) is 0 Å². The van der Waals surface area contributed by atoms with Crippen molar-refractivity contribution >= 4 is 34.9 Å². The second-order valence-electron chi connectivity index (χ2n) is 8.28. The molecule has 2 saturated heterocycles. The van der Waals surface area contributed by atoms with E-state index >= 15 is 0 Å². The van der Waals surface area contributed by atoms with Crippen molar-refractivity contribution < 1.29 is 4.74 Å². The van der Waals surface area contributed by atoms with E-state index in [0.717, 1.165) is 44.5 Å². The Morgan fingerprint density at radius 1 is 1.10 bits per heavy atom. The topological polar surface area (TPSA) is 65.6 Å². The van der Waals surface area contributed by atoms with Gasteiger partial charge >= 0.3 is 0 Å². The highest BCUT2D eigenvalue weighted by atomic mass is 32.1. The van der Waals surface area contributed by atoms with Crippen molar-refractivity contribution in [3.63, 3.8) is 0 Å². The molecule has 8 heteroatoms. The summed E-state index contributed by atoms with van der Waals surface area (Å²) in [6.45, 7) is 8.49. The molecular formula is C23H32N6OS. The molecule has 0 spiro atoms. The molecule has 2 atom stereocenters. The maximum Gasteiger partial charge on any atom is 0.232 e. The molecule has 0 aliphatic carbocycles. The van der Waals surface area contributed by atoms with E-state index in [1.54, 1.807) is 0 Å². The summed E-state index contributed by atoms with van der Waals surface area (Å²) in [5.41, 5.74) is 1.18. The molecule has 2 aliphatic heterocycles. The second-order valence-corrected chi connectivity index (χ2v) is 8.68. The van der Waals surface area contributed by atoms with Crippen LogP contribution in [0.25, 0.3) is 0 Å². The zero-order valence-electron chi connectivity index (χ0n) is 18.4. The lowest BCUT2D eigenvalue weighted by Gasteiger charge is -2.35. The van der Waals surface area contributed by atoms with E-state index in [0.29, 0.717) is 17.1 Å². The van der Waals surface area contributed by atoms with Crippen LogP contribution in [0, 0.1) is 0 Å². The summed E-state index contributed by atoms with van der Waals surface area (Å²) in [5, 5.41) is 7.10. The van der Waals surface area contributed by atoms with Gasteiger partial charge in [0.15, 0.2) is 5.11 Å². The quantitative estimate of drug-likeness (QED) is 0.682. The zero-order chi connectivity index (χ0) is 21.6. The van der Waals surface area contributed by atoms with Crippen LogP contribution < -0.4 is 20.4 Å². The van der Waals surface area contributed by atoms with E-state index in [-0.39, 0.29) is 6.04 Å². The van der Waals surface area contributed by atoms with E-state index in [1.165, 1.54) is 24.8 Å². The van der Waals surface area contributed by atoms with Gasteiger partial charge in [-0.25, -0.2) is 0 Å². The Hall–Kier alpha value is -2.45. The maximum absolute atomic E-state index is 5.59. The minimum atomic E-state index is 0.0882. The van der Waals surface area contributed by atoms with Gasteiger partial charge in [0.1, 0.15) is 11.6 Å². The van der Waals surface area contributed by atoms with Gasteiger partial charge in [0.2, 0.25) is 5.95 Å². The molecule has 0 bridgehead atoms. The highest BCUT2D eigenvalue weighted by molar-refractivity contribution is 7.80. The highest BCUT2D eigenvalue weighted by Gasteiger charge is 2.23. The van der Waals surface area contributed by atoms with Gasteiger partial charge in [-0.3, -0.25) is 0 Å². The molecule has 1 aromatic carbocycles. The number of nitrogens with one attached hydrogen (secondary N) is 2. The number of hydrogen-bond acceptors (Lipinski definition) is 6. The number of aromatic nitrogens is 2. The monoisotopic (exact) mass is 440 g/mol. The van der Waals surface area contributed by atoms with Gasteiger partial charge in [0.25, 0.3) is 0 Å². The molecule has 2 N–H and O–H groups in total. The molecule has 1 aromatic heterocycles. The fraction of sp³-hybridized carbons (Fsp3) is 0.522. The molecule has 7 nitrogen and oxygen atoms in total. The SMILES string of the molecule is CC(NC(=S)Nc1nc(N2CCOCC2)cc(N2CCCCC2C)n1)c1ccccc1. The summed E-state index contributed by atoms with van der Waals surface area (Å²) in [6, 6.07) is 12.9. The maximum atomic E-state index is 5.59. The van der Waals surface area contributed by atoms with Gasteiger partial charge in [-0.15, -0.1) is 0 Å². The predicted molar refractivity (Wildman–Crippen MR) is 130 cm³/mol. The molecule has 2 aromatic rings. The minimum Gasteiger partial charge on any atom is -0.378 e. The molecule has 2 fully saturated rings. The zero-order valence-corrected chi connectivity index (χ0v) is 19.2. The average molecular weight is 441 g/mol. The van der Waals surface area contributed by atoms with E-state index < -0.39 is 0 Å². The Kier molecular flexibility index (Phi) is 7.19. The number of ether oxygens (including phenoxy) is 1. The van der Waals surface area contributed by atoms with Crippen LogP contribution in [0.1, 0.15) is 44.7 Å². The van der Waals surface area contributed by atoms with Crippen LogP contribution in [0.3, 0.4) is 0 Å². The first-order valence-corrected chi connectivity index (χ1v) is 11.6. The van der Waals surface area contributed by atoms with Crippen LogP contribution in [0.2, 0.25) is 0 Å². The van der Waals surface area contributed by atoms with Crippen molar-refractivity contribution in [2.75, 3.05) is 48.0 Å². The number of hydrogen-bond donors (Lipinski definition) is 2. The molecule has 4 rings (SSSR count). The van der Waals surface area contributed by atoms with Crippen LogP contribution in [-0.2, 0) is 4.74 Å². The van der Waals surface area contributed by atoms with Crippen LogP contribution in [0.5, 0.6) is 0 Å². The normalized spacial score (nSPS) is 20.3. The Morgan fingerprint density at radius 2 is 1.84 bits per heavy atom. The predicted octanol–water partition coefficient (Wildman–Crippen LogP) is 3.74. The lowest BCUT2D eigenvalue weighted by Crippen LogP contribution is -2.40. The summed E-state index contributed by atoms with van der Waals surface area (Å²) < 4.78 is 5.52. The molecule has 31 heavy (non-hydrogen) atoms. The van der Waals surface area contributed by atoms with Gasteiger partial charge in [0.05, 0.1) is 19.3 Å². The number of piperidine rings is 1. The second kappa shape index (κ2) is 10.2. The number of anilines is 3. The smallest absolute Gasteiger partial charge is 0.232 e. The Balaban J connectivity index is 1.53. The lowest BCUT2D eigenvalue weighted by molar-refractivity contribution is 0.122. The summed E-state index contributed by atoms with van der Waals surface area (Å²) in [5.74, 6) is 2.42. The molecule has 166 valence electrons. The largest absolute Gasteiger partial charge is 0.378 e. The minimum absolute atomic E-state index is 0.0882. The fourth-order valence-corrected chi connectivity index (χ4v) is 4.45. The first-order valence-electron chi connectivity index (χ1n) is 11.2. The summed E-state index contributed by atoms with van der Waals surface area (Å²) in [7, 11) is 0. The Labute approximate surface area is 190 Å². The first kappa shape index (κ1) is 21.8. The van der Waals surface area contributed by atoms with Gasteiger partial charge in [-0.2, -0.15) is 9.97 Å². The van der Waals surface area contributed by atoms with Crippen LogP contribution >= 0.6 is 12.2 Å². The van der Waals surface area contributed by atoms with Crippen LogP contribution in [-0.4, -0.2) is 54.0 Å². The first-order chi connectivity index (χ1) is 15.1. The molecule has 0 amide bonds. The molecule has 2 unspecified atom stereocenters. The van der Waals surface area contributed by atoms with Crippen molar-refractivity contribution in [3.8, 4) is 0 Å². The van der Waals surface area contributed by atoms with Crippen LogP contribution in [0.4, 0.5) is 17.6 Å². The third-order valence-corrected chi connectivity index (χ3v) is 6.22. The van der Waals surface area contributed by atoms with Crippen molar-refractivity contribution in [1.29, 1.82) is 0 Å². The van der Waals surface area contributed by atoms with Crippen molar-refractivity contribution in [3.05, 3.63) is 42.0 Å². The Bertz CT molecular complexity index is 874. The standard InChI is InChI=1S/C23H32N6OS/c1-17-8-6-7-11-29(17)21-16-20(28-12-14-30-15-13-28)25-22(26-21)27-23(31)24-18(2)19-9-4-3-5-10-19/h3-5,9-10,16-18H,6-8,11-15H2,1-2H3,(H2,24,25,26,27,31). The lowest BCUT2D eigenvalue weighted by atomic mass is 10.0. The van der Waals surface area contributed by atoms with E-state index in [4.69, 9.17) is 26.9 Å². The Morgan fingerprint density at radius 3 is 2.58 bits per heavy atom. The third-order valence-electron chi connectivity index (χ3n) is 6.00. The number of thiocarbonyl (C=S) groups is 1. The molecule has 0 radical (unpaired) electrons. The molecule has 2 aliphatic rings. The van der Waals surface area contributed by atoms with Gasteiger partial charge in [-0.1, -0.05) is 30.3 Å². The summed E-state index contributed by atoms with van der Waals surface area (Å²) in [6.07, 6.45) is 3.66. The van der Waals surface area contributed by atoms with Crippen molar-refractivity contribution in [1.82, 2.24) is 15.3 Å². The number of rotatable bonds is 5. The molecular weight excluding hydrogens is 408 g/mol. The van der Waals surface area contributed by atoms with Crippen molar-refractivity contribution in [2.45, 2.75) is 45.2 Å². The average Bonchev–Trinajstić information content (AvgIpc) is 2.80. The number of benzene rings is 1. The summed E-state index contributed by atoms with van der Waals surface area (Å²) >= 11 is 5.59. The number of nitrogens with zero attached hydrogens (tertiary/aromatic N) is 4. The summed E-state index contributed by atoms with van der Waals surface area (Å²) in [4.78, 5) is 14.3. The van der Waals surface area contributed by atoms with Gasteiger partial charge < -0.3 is 25.2 Å². The van der Waals surface area contributed by atoms with E-state index in [1.807, 2.05) is 18.2 Å².